The molecule has 0 rings (SSSR count). The summed E-state index contributed by atoms with van der Waals surface area (Å²) in [5, 5.41) is 16.8. The third-order valence-electron chi connectivity index (χ3n) is 1.62. The van der Waals surface area contributed by atoms with Crippen LogP contribution in [0.3, 0.4) is 0 Å². The molecule has 0 radical (unpaired) electrons. The van der Waals surface area contributed by atoms with Gasteiger partial charge < -0.3 is 0 Å². The minimum Gasteiger partial charge on any atom is -0.293 e. The maximum Gasteiger partial charge on any atom is 0.250 e. The van der Waals surface area contributed by atoms with Gasteiger partial charge >= 0.3 is 0 Å². The van der Waals surface area contributed by atoms with Crippen LogP contribution < -0.4 is 11.3 Å². The van der Waals surface area contributed by atoms with Gasteiger partial charge in [0.15, 0.2) is 0 Å². The number of hydrazine groups is 1. The highest BCUT2D eigenvalue weighted by Gasteiger charge is 2.19. The molecule has 0 spiro atoms. The van der Waals surface area contributed by atoms with Crippen molar-refractivity contribution in [3.05, 3.63) is 0 Å². The van der Waals surface area contributed by atoms with Gasteiger partial charge in [-0.05, 0) is 6.92 Å². The smallest absolute Gasteiger partial charge is 0.250 e. The minimum absolute atomic E-state index is 0.0299. The Labute approximate surface area is 76.5 Å². The zero-order valence-corrected chi connectivity index (χ0v) is 7.32. The van der Waals surface area contributed by atoms with E-state index in [-0.39, 0.29) is 13.1 Å². The van der Waals surface area contributed by atoms with Crippen molar-refractivity contribution in [3.8, 4) is 12.1 Å². The molecule has 0 aliphatic carbocycles. The van der Waals surface area contributed by atoms with Crippen LogP contribution in [0.2, 0.25) is 0 Å². The fraction of sp³-hybridized carbons (Fsp3) is 0.571. The topological polar surface area (TPSA) is 106 Å². The molecule has 1 unspecified atom stereocenters. The van der Waals surface area contributed by atoms with Crippen molar-refractivity contribution in [2.75, 3.05) is 13.1 Å². The molecular weight excluding hydrogens is 170 g/mol. The van der Waals surface area contributed by atoms with Gasteiger partial charge in [-0.15, -0.1) is 0 Å². The number of rotatable bonds is 4. The van der Waals surface area contributed by atoms with Crippen LogP contribution in [0.25, 0.3) is 0 Å². The average Bonchev–Trinajstić information content (AvgIpc) is 2.15. The Balaban J connectivity index is 4.29. The average molecular weight is 181 g/mol. The van der Waals surface area contributed by atoms with E-state index in [0.29, 0.717) is 0 Å². The monoisotopic (exact) mass is 181 g/mol. The zero-order valence-electron chi connectivity index (χ0n) is 7.32. The number of nitrogens with two attached hydrogens (primary N) is 1. The van der Waals surface area contributed by atoms with Crippen LogP contribution in [-0.2, 0) is 4.79 Å². The second kappa shape index (κ2) is 5.95. The van der Waals surface area contributed by atoms with E-state index in [1.54, 1.807) is 6.92 Å². The van der Waals surface area contributed by atoms with E-state index >= 15 is 0 Å². The zero-order chi connectivity index (χ0) is 10.3. The van der Waals surface area contributed by atoms with Gasteiger partial charge in [-0.1, -0.05) is 0 Å². The third kappa shape index (κ3) is 3.52. The van der Waals surface area contributed by atoms with Gasteiger partial charge in [-0.2, -0.15) is 10.5 Å². The van der Waals surface area contributed by atoms with Crippen molar-refractivity contribution in [3.63, 3.8) is 0 Å². The summed E-state index contributed by atoms with van der Waals surface area (Å²) in [6, 6.07) is 3.17. The summed E-state index contributed by atoms with van der Waals surface area (Å²) in [7, 11) is 0. The summed E-state index contributed by atoms with van der Waals surface area (Å²) in [5.41, 5.74) is 1.96. The van der Waals surface area contributed by atoms with Gasteiger partial charge in [0.25, 0.3) is 5.91 Å². The maximum atomic E-state index is 11.0. The highest BCUT2D eigenvalue weighted by atomic mass is 16.2. The van der Waals surface area contributed by atoms with Crippen LogP contribution in [0.15, 0.2) is 0 Å². The molecular formula is C7H11N5O. The van der Waals surface area contributed by atoms with E-state index in [4.69, 9.17) is 16.4 Å². The standard InChI is InChI=1S/C7H11N5O/c1-6(7(13)11-10)12(4-2-8)5-3-9/h6H,4-5,10H2,1H3,(H,11,13). The van der Waals surface area contributed by atoms with Crippen molar-refractivity contribution in [1.82, 2.24) is 10.3 Å². The fourth-order valence-electron chi connectivity index (χ4n) is 0.798. The highest BCUT2D eigenvalue weighted by Crippen LogP contribution is 1.96. The van der Waals surface area contributed by atoms with Crippen molar-refractivity contribution in [1.29, 1.82) is 10.5 Å². The van der Waals surface area contributed by atoms with Gasteiger partial charge in [0, 0.05) is 0 Å². The maximum absolute atomic E-state index is 11.0. The Morgan fingerprint density at radius 1 is 1.54 bits per heavy atom. The Morgan fingerprint density at radius 3 is 2.31 bits per heavy atom. The number of hydrogen-bond donors (Lipinski definition) is 2. The lowest BCUT2D eigenvalue weighted by Crippen LogP contribution is -2.47. The van der Waals surface area contributed by atoms with Gasteiger partial charge in [-0.3, -0.25) is 15.1 Å². The predicted molar refractivity (Wildman–Crippen MR) is 44.6 cm³/mol. The Kier molecular flexibility index (Phi) is 5.20. The molecule has 6 nitrogen and oxygen atoms in total. The first-order chi connectivity index (χ1) is 6.17. The lowest BCUT2D eigenvalue weighted by atomic mass is 10.2. The summed E-state index contributed by atoms with van der Waals surface area (Å²) < 4.78 is 0. The molecule has 1 atom stereocenters. The first-order valence-electron chi connectivity index (χ1n) is 3.65. The largest absolute Gasteiger partial charge is 0.293 e. The number of amides is 1. The van der Waals surface area contributed by atoms with E-state index in [9.17, 15) is 4.79 Å². The number of hydrogen-bond acceptors (Lipinski definition) is 5. The second-order valence-electron chi connectivity index (χ2n) is 2.41. The van der Waals surface area contributed by atoms with E-state index in [1.165, 1.54) is 4.90 Å². The van der Waals surface area contributed by atoms with Crippen LogP contribution >= 0.6 is 0 Å². The van der Waals surface area contributed by atoms with Crippen molar-refractivity contribution >= 4 is 5.91 Å². The second-order valence-corrected chi connectivity index (χ2v) is 2.41. The van der Waals surface area contributed by atoms with E-state index in [2.05, 4.69) is 0 Å². The van der Waals surface area contributed by atoms with Gasteiger partial charge in [0.2, 0.25) is 0 Å². The minimum atomic E-state index is -0.565. The first-order valence-corrected chi connectivity index (χ1v) is 3.65. The Morgan fingerprint density at radius 2 is 2.00 bits per heavy atom. The molecule has 0 aliphatic rings. The van der Waals surface area contributed by atoms with Crippen molar-refractivity contribution in [2.45, 2.75) is 13.0 Å². The molecule has 0 fully saturated rings. The number of nitrogens with one attached hydrogen (secondary N) is 1. The fourth-order valence-corrected chi connectivity index (χ4v) is 0.798. The molecule has 6 heteroatoms. The quantitative estimate of drug-likeness (QED) is 0.243. The lowest BCUT2D eigenvalue weighted by Gasteiger charge is -2.21. The number of nitrogens with zero attached hydrogens (tertiary/aromatic N) is 3. The molecule has 0 bridgehead atoms. The van der Waals surface area contributed by atoms with E-state index in [0.717, 1.165) is 0 Å². The van der Waals surface area contributed by atoms with Crippen molar-refractivity contribution < 1.29 is 4.79 Å². The molecule has 0 saturated heterocycles. The normalized spacial score (nSPS) is 11.5. The van der Waals surface area contributed by atoms with Crippen LogP contribution in [-0.4, -0.2) is 29.9 Å². The molecule has 0 saturated carbocycles. The molecule has 0 aromatic heterocycles. The molecule has 3 N–H and O–H groups in total. The molecule has 0 heterocycles. The van der Waals surface area contributed by atoms with Crippen LogP contribution in [0.4, 0.5) is 0 Å². The summed E-state index contributed by atoms with van der Waals surface area (Å²) in [5.74, 6) is 4.50. The van der Waals surface area contributed by atoms with Crippen LogP contribution in [0.5, 0.6) is 0 Å². The molecule has 1 amide bonds. The van der Waals surface area contributed by atoms with Crippen LogP contribution in [0.1, 0.15) is 6.92 Å². The van der Waals surface area contributed by atoms with Gasteiger partial charge in [0.1, 0.15) is 0 Å². The summed E-state index contributed by atoms with van der Waals surface area (Å²) in [6.45, 7) is 1.64. The Hall–Kier alpha value is -1.63. The van der Waals surface area contributed by atoms with E-state index < -0.39 is 11.9 Å². The molecule has 0 aliphatic heterocycles. The SMILES string of the molecule is CC(C(=O)NN)N(CC#N)CC#N. The van der Waals surface area contributed by atoms with Crippen molar-refractivity contribution in [2.24, 2.45) is 5.84 Å². The summed E-state index contributed by atoms with van der Waals surface area (Å²) in [4.78, 5) is 12.4. The number of carbonyl (C=O) groups is 1. The summed E-state index contributed by atoms with van der Waals surface area (Å²) >= 11 is 0. The third-order valence-corrected chi connectivity index (χ3v) is 1.62. The first kappa shape index (κ1) is 11.4. The lowest BCUT2D eigenvalue weighted by molar-refractivity contribution is -0.125. The highest BCUT2D eigenvalue weighted by molar-refractivity contribution is 5.80. The Bertz CT molecular complexity index is 235. The van der Waals surface area contributed by atoms with Crippen LogP contribution in [0, 0.1) is 22.7 Å². The predicted octanol–water partition coefficient (Wildman–Crippen LogP) is -1.29. The van der Waals surface area contributed by atoms with E-state index in [1.807, 2.05) is 17.6 Å². The molecule has 13 heavy (non-hydrogen) atoms. The summed E-state index contributed by atoms with van der Waals surface area (Å²) in [6.07, 6.45) is 0. The number of carbonyl (C=O) groups excluding carboxylic acids is 1. The number of nitriles is 2. The molecule has 0 aromatic carbocycles. The molecule has 0 aromatic rings. The van der Waals surface area contributed by atoms with Gasteiger partial charge in [0.05, 0.1) is 31.3 Å². The van der Waals surface area contributed by atoms with Gasteiger partial charge in [-0.25, -0.2) is 5.84 Å². The molecule has 70 valence electrons.